The molecule has 1 saturated heterocycles. The fourth-order valence-electron chi connectivity index (χ4n) is 2.50. The van der Waals surface area contributed by atoms with Gasteiger partial charge >= 0.3 is 0 Å². The van der Waals surface area contributed by atoms with Crippen LogP contribution in [0, 0.1) is 0 Å². The molecule has 1 aromatic heterocycles. The van der Waals surface area contributed by atoms with E-state index in [2.05, 4.69) is 9.88 Å². The number of likely N-dealkylation sites (tertiary alicyclic amines) is 1. The number of aromatic nitrogens is 1. The number of hydrogen-bond acceptors (Lipinski definition) is 4. The van der Waals surface area contributed by atoms with Crippen LogP contribution in [0.2, 0.25) is 0 Å². The number of nitrogens with zero attached hydrogens (tertiary/aromatic N) is 2. The average molecular weight is 234 g/mol. The number of amides is 1. The summed E-state index contributed by atoms with van der Waals surface area (Å²) in [5.74, 6) is -0.259. The van der Waals surface area contributed by atoms with Crippen LogP contribution in [0.5, 0.6) is 0 Å². The van der Waals surface area contributed by atoms with Gasteiger partial charge in [-0.2, -0.15) is 0 Å². The van der Waals surface area contributed by atoms with Crippen LogP contribution in [-0.4, -0.2) is 34.9 Å². The van der Waals surface area contributed by atoms with E-state index >= 15 is 0 Å². The number of hydrogen-bond donors (Lipinski definition) is 2. The van der Waals surface area contributed by atoms with Gasteiger partial charge in [0.2, 0.25) is 5.91 Å². The van der Waals surface area contributed by atoms with Crippen LogP contribution < -0.4 is 11.5 Å². The van der Waals surface area contributed by atoms with Gasteiger partial charge in [-0.1, -0.05) is 6.07 Å². The Hall–Kier alpha value is -1.46. The van der Waals surface area contributed by atoms with E-state index in [0.29, 0.717) is 6.54 Å². The third-order valence-corrected chi connectivity index (χ3v) is 3.32. The first-order valence-electron chi connectivity index (χ1n) is 5.89. The fraction of sp³-hybridized carbons (Fsp3) is 0.500. The summed E-state index contributed by atoms with van der Waals surface area (Å²) in [5.41, 5.74) is 12.3. The van der Waals surface area contributed by atoms with Crippen LogP contribution in [0.4, 0.5) is 0 Å². The molecule has 0 radical (unpaired) electrons. The Morgan fingerprint density at radius 1 is 1.65 bits per heavy atom. The minimum absolute atomic E-state index is 0.0312. The molecular weight excluding hydrogens is 216 g/mol. The van der Waals surface area contributed by atoms with E-state index in [9.17, 15) is 4.79 Å². The molecule has 0 bridgehead atoms. The zero-order chi connectivity index (χ0) is 12.3. The molecule has 4 N–H and O–H groups in total. The van der Waals surface area contributed by atoms with Crippen molar-refractivity contribution >= 4 is 5.91 Å². The Kier molecular flexibility index (Phi) is 3.71. The first-order chi connectivity index (χ1) is 8.24. The van der Waals surface area contributed by atoms with Gasteiger partial charge in [0, 0.05) is 25.0 Å². The van der Waals surface area contributed by atoms with Crippen molar-refractivity contribution in [3.8, 4) is 0 Å². The molecule has 0 spiro atoms. The first-order valence-corrected chi connectivity index (χ1v) is 5.89. The average Bonchev–Trinajstić information content (AvgIpc) is 2.81. The maximum Gasteiger partial charge on any atom is 0.234 e. The molecule has 0 saturated carbocycles. The lowest BCUT2D eigenvalue weighted by Gasteiger charge is -2.30. The van der Waals surface area contributed by atoms with Crippen LogP contribution in [0.1, 0.15) is 24.4 Å². The van der Waals surface area contributed by atoms with Gasteiger partial charge in [0.05, 0.1) is 6.04 Å². The van der Waals surface area contributed by atoms with Crippen LogP contribution in [-0.2, 0) is 4.79 Å². The Morgan fingerprint density at radius 3 is 3.06 bits per heavy atom. The predicted octanol–water partition coefficient (Wildman–Crippen LogP) is 0.0311. The zero-order valence-corrected chi connectivity index (χ0v) is 9.75. The van der Waals surface area contributed by atoms with Crippen molar-refractivity contribution in [1.29, 1.82) is 0 Å². The van der Waals surface area contributed by atoms with Crippen LogP contribution >= 0.6 is 0 Å². The molecule has 2 rings (SSSR count). The van der Waals surface area contributed by atoms with E-state index in [1.54, 1.807) is 12.4 Å². The molecule has 1 aliphatic heterocycles. The quantitative estimate of drug-likeness (QED) is 0.769. The Labute approximate surface area is 101 Å². The van der Waals surface area contributed by atoms with Gasteiger partial charge in [-0.15, -0.1) is 0 Å². The molecule has 2 atom stereocenters. The van der Waals surface area contributed by atoms with Crippen molar-refractivity contribution in [2.45, 2.75) is 24.9 Å². The third kappa shape index (κ3) is 2.45. The fourth-order valence-corrected chi connectivity index (χ4v) is 2.50. The van der Waals surface area contributed by atoms with E-state index in [1.807, 2.05) is 12.1 Å². The van der Waals surface area contributed by atoms with E-state index in [1.165, 1.54) is 0 Å². The second-order valence-corrected chi connectivity index (χ2v) is 4.34. The molecule has 1 fully saturated rings. The lowest BCUT2D eigenvalue weighted by Crippen LogP contribution is -2.44. The molecule has 1 aromatic rings. The van der Waals surface area contributed by atoms with Crippen molar-refractivity contribution in [3.05, 3.63) is 30.1 Å². The second kappa shape index (κ2) is 5.25. The summed E-state index contributed by atoms with van der Waals surface area (Å²) < 4.78 is 0. The summed E-state index contributed by atoms with van der Waals surface area (Å²) in [6.45, 7) is 1.33. The summed E-state index contributed by atoms with van der Waals surface area (Å²) in [4.78, 5) is 17.6. The number of primary amides is 1. The van der Waals surface area contributed by atoms with Crippen molar-refractivity contribution in [2.24, 2.45) is 11.5 Å². The number of rotatable bonds is 4. The topological polar surface area (TPSA) is 85.2 Å². The van der Waals surface area contributed by atoms with Gasteiger partial charge in [-0.3, -0.25) is 14.7 Å². The molecule has 1 aliphatic rings. The Morgan fingerprint density at radius 2 is 2.47 bits per heavy atom. The number of carbonyl (C=O) groups is 1. The summed E-state index contributed by atoms with van der Waals surface area (Å²) in [6, 6.07) is 3.71. The lowest BCUT2D eigenvalue weighted by atomic mass is 10.1. The van der Waals surface area contributed by atoms with Crippen molar-refractivity contribution in [3.63, 3.8) is 0 Å². The van der Waals surface area contributed by atoms with E-state index in [4.69, 9.17) is 11.5 Å². The first kappa shape index (κ1) is 12.0. The maximum atomic E-state index is 11.4. The Bertz CT molecular complexity index is 381. The highest BCUT2D eigenvalue weighted by Crippen LogP contribution is 2.28. The normalized spacial score (nSPS) is 22.5. The standard InChI is InChI=1S/C12H18N4O/c13-7-11(9-3-1-5-15-8-9)16-6-2-4-10(16)12(14)17/h1,3,5,8,10-11H,2,4,6-7,13H2,(H2,14,17). The van der Waals surface area contributed by atoms with Gasteiger partial charge in [0.25, 0.3) is 0 Å². The molecule has 5 heteroatoms. The molecule has 17 heavy (non-hydrogen) atoms. The molecule has 0 aromatic carbocycles. The summed E-state index contributed by atoms with van der Waals surface area (Å²) >= 11 is 0. The highest BCUT2D eigenvalue weighted by molar-refractivity contribution is 5.80. The molecular formula is C12H18N4O. The van der Waals surface area contributed by atoms with Crippen molar-refractivity contribution in [2.75, 3.05) is 13.1 Å². The monoisotopic (exact) mass is 234 g/mol. The second-order valence-electron chi connectivity index (χ2n) is 4.34. The molecule has 5 nitrogen and oxygen atoms in total. The largest absolute Gasteiger partial charge is 0.368 e. The van der Waals surface area contributed by atoms with Crippen LogP contribution in [0.15, 0.2) is 24.5 Å². The number of nitrogens with two attached hydrogens (primary N) is 2. The zero-order valence-electron chi connectivity index (χ0n) is 9.75. The van der Waals surface area contributed by atoms with E-state index < -0.39 is 0 Å². The molecule has 1 amide bonds. The van der Waals surface area contributed by atoms with Crippen LogP contribution in [0.25, 0.3) is 0 Å². The summed E-state index contributed by atoms with van der Waals surface area (Å²) in [6.07, 6.45) is 5.34. The molecule has 92 valence electrons. The minimum atomic E-state index is -0.259. The highest BCUT2D eigenvalue weighted by atomic mass is 16.1. The van der Waals surface area contributed by atoms with Gasteiger partial charge < -0.3 is 11.5 Å². The van der Waals surface area contributed by atoms with Gasteiger partial charge in [-0.05, 0) is 31.0 Å². The van der Waals surface area contributed by atoms with Crippen molar-refractivity contribution < 1.29 is 4.79 Å². The smallest absolute Gasteiger partial charge is 0.234 e. The SMILES string of the molecule is NCC(c1cccnc1)N1CCCC1C(N)=O. The van der Waals surface area contributed by atoms with E-state index in [0.717, 1.165) is 24.9 Å². The summed E-state index contributed by atoms with van der Waals surface area (Å²) in [5, 5.41) is 0. The van der Waals surface area contributed by atoms with E-state index in [-0.39, 0.29) is 18.0 Å². The molecule has 2 unspecified atom stereocenters. The van der Waals surface area contributed by atoms with Crippen molar-refractivity contribution in [1.82, 2.24) is 9.88 Å². The number of pyridine rings is 1. The molecule has 0 aliphatic carbocycles. The summed E-state index contributed by atoms with van der Waals surface area (Å²) in [7, 11) is 0. The van der Waals surface area contributed by atoms with Gasteiger partial charge in [0.15, 0.2) is 0 Å². The molecule has 2 heterocycles. The predicted molar refractivity (Wildman–Crippen MR) is 65.0 cm³/mol. The van der Waals surface area contributed by atoms with Crippen LogP contribution in [0.3, 0.4) is 0 Å². The lowest BCUT2D eigenvalue weighted by molar-refractivity contribution is -0.122. The maximum absolute atomic E-state index is 11.4. The highest BCUT2D eigenvalue weighted by Gasteiger charge is 2.34. The van der Waals surface area contributed by atoms with Gasteiger partial charge in [0.1, 0.15) is 0 Å². The minimum Gasteiger partial charge on any atom is -0.368 e. The van der Waals surface area contributed by atoms with Gasteiger partial charge in [-0.25, -0.2) is 0 Å². The third-order valence-electron chi connectivity index (χ3n) is 3.32. The Balaban J connectivity index is 2.21. The number of carbonyl (C=O) groups excluding carboxylic acids is 1.